The van der Waals surface area contributed by atoms with E-state index in [1.165, 1.54) is 24.3 Å². The van der Waals surface area contributed by atoms with Gasteiger partial charge in [-0.2, -0.15) is 20.2 Å². The molecule has 0 saturated heterocycles. The summed E-state index contributed by atoms with van der Waals surface area (Å²) in [6.45, 7) is 0. The quantitative estimate of drug-likeness (QED) is 0.562. The lowest BCUT2D eigenvalue weighted by Crippen LogP contribution is -2.38. The fraction of sp³-hybridized carbons (Fsp3) is 0.0476. The summed E-state index contributed by atoms with van der Waals surface area (Å²) in [4.78, 5) is 48.9. The maximum atomic E-state index is 12.9. The topological polar surface area (TPSA) is 146 Å². The molecule has 2 aromatic carbocycles. The standard InChI is InChI=1S/C21H14N4O6/c26-18-14(16(20(28)29)22-24(18)12-7-3-1-4-8-12)11-15-17(21(30)31)23-25(19(15)27)13-9-5-2-6-10-13/h1-11,14H,(H,28,29)(H,30,31)/p-2/b15-11+/t14-/m1/s1. The number of carboxylic acids is 2. The second-order valence-corrected chi connectivity index (χ2v) is 6.50. The molecule has 1 atom stereocenters. The SMILES string of the molecule is O=C([O-])C1=NN(c2ccccc2)C(=O)/C1=C/[C@H]1C(=O)N(c2ccccc2)N=C1C(=O)[O-]. The number of anilines is 2. The van der Waals surface area contributed by atoms with Crippen LogP contribution in [0.25, 0.3) is 0 Å². The van der Waals surface area contributed by atoms with Gasteiger partial charge in [-0.25, -0.2) is 0 Å². The average molecular weight is 416 g/mol. The Morgan fingerprint density at radius 1 is 0.806 bits per heavy atom. The molecule has 2 heterocycles. The Hall–Kier alpha value is -4.60. The first-order valence-corrected chi connectivity index (χ1v) is 8.99. The molecule has 0 N–H and O–H groups in total. The smallest absolute Gasteiger partial charge is 0.280 e. The largest absolute Gasteiger partial charge is 0.543 e. The number of carboxylic acid groups (broad SMARTS) is 2. The molecule has 31 heavy (non-hydrogen) atoms. The summed E-state index contributed by atoms with van der Waals surface area (Å²) in [7, 11) is 0. The molecular formula is C21H12N4O6-2. The highest BCUT2D eigenvalue weighted by Crippen LogP contribution is 2.28. The van der Waals surface area contributed by atoms with Crippen LogP contribution in [0.4, 0.5) is 11.4 Å². The predicted molar refractivity (Wildman–Crippen MR) is 104 cm³/mol. The van der Waals surface area contributed by atoms with Crippen LogP contribution in [-0.2, 0) is 19.2 Å². The van der Waals surface area contributed by atoms with Crippen molar-refractivity contribution in [2.24, 2.45) is 16.1 Å². The van der Waals surface area contributed by atoms with Crippen molar-refractivity contribution in [2.75, 3.05) is 10.0 Å². The van der Waals surface area contributed by atoms with Gasteiger partial charge >= 0.3 is 0 Å². The Balaban J connectivity index is 1.75. The van der Waals surface area contributed by atoms with Crippen LogP contribution in [0.15, 0.2) is 82.5 Å². The Labute approximate surface area is 175 Å². The molecule has 0 saturated carbocycles. The fourth-order valence-electron chi connectivity index (χ4n) is 3.17. The lowest BCUT2D eigenvalue weighted by atomic mass is 9.97. The third kappa shape index (κ3) is 3.46. The number of rotatable bonds is 5. The van der Waals surface area contributed by atoms with Crippen LogP contribution in [0.3, 0.4) is 0 Å². The van der Waals surface area contributed by atoms with E-state index in [0.717, 1.165) is 16.1 Å². The highest BCUT2D eigenvalue weighted by molar-refractivity contribution is 6.52. The van der Waals surface area contributed by atoms with Gasteiger partial charge in [0.15, 0.2) is 0 Å². The van der Waals surface area contributed by atoms with Crippen molar-refractivity contribution in [3.05, 3.63) is 72.3 Å². The predicted octanol–water partition coefficient (Wildman–Crippen LogP) is -1.17. The lowest BCUT2D eigenvalue weighted by molar-refractivity contribution is -0.295. The van der Waals surface area contributed by atoms with Crippen LogP contribution < -0.4 is 20.2 Å². The number of hydrogen-bond acceptors (Lipinski definition) is 8. The van der Waals surface area contributed by atoms with Crippen LogP contribution in [0.1, 0.15) is 0 Å². The van der Waals surface area contributed by atoms with E-state index in [9.17, 15) is 29.4 Å². The second-order valence-electron chi connectivity index (χ2n) is 6.50. The summed E-state index contributed by atoms with van der Waals surface area (Å²) in [5, 5.41) is 32.4. The van der Waals surface area contributed by atoms with Gasteiger partial charge in [0.25, 0.3) is 11.8 Å². The number of para-hydroxylation sites is 2. The molecule has 0 bridgehead atoms. The third-order valence-electron chi connectivity index (χ3n) is 4.59. The second kappa shape index (κ2) is 7.67. The average Bonchev–Trinajstić information content (AvgIpc) is 3.27. The number of nitrogens with zero attached hydrogens (tertiary/aromatic N) is 4. The number of carbonyl (C=O) groups is 4. The summed E-state index contributed by atoms with van der Waals surface area (Å²) in [6, 6.07) is 16.0. The number of amides is 2. The monoisotopic (exact) mass is 416 g/mol. The van der Waals surface area contributed by atoms with E-state index < -0.39 is 46.7 Å². The Morgan fingerprint density at radius 3 is 1.87 bits per heavy atom. The fourth-order valence-corrected chi connectivity index (χ4v) is 3.17. The lowest BCUT2D eigenvalue weighted by Gasteiger charge is -2.14. The van der Waals surface area contributed by atoms with Crippen molar-refractivity contribution < 1.29 is 29.4 Å². The van der Waals surface area contributed by atoms with E-state index in [0.29, 0.717) is 5.69 Å². The van der Waals surface area contributed by atoms with Gasteiger partial charge in [0.05, 0.1) is 28.9 Å². The number of hydrogen-bond donors (Lipinski definition) is 0. The summed E-state index contributed by atoms with van der Waals surface area (Å²) in [5.41, 5.74) is -1.29. The minimum atomic E-state index is -1.75. The van der Waals surface area contributed by atoms with Crippen LogP contribution >= 0.6 is 0 Å². The van der Waals surface area contributed by atoms with Gasteiger partial charge in [0.1, 0.15) is 17.3 Å². The van der Waals surface area contributed by atoms with Crippen molar-refractivity contribution in [3.8, 4) is 0 Å². The maximum Gasteiger partial charge on any atom is 0.280 e. The number of benzene rings is 2. The van der Waals surface area contributed by atoms with E-state index in [2.05, 4.69) is 10.2 Å². The van der Waals surface area contributed by atoms with Gasteiger partial charge in [-0.15, -0.1) is 0 Å². The van der Waals surface area contributed by atoms with E-state index in [1.54, 1.807) is 36.4 Å². The molecule has 0 spiro atoms. The zero-order valence-electron chi connectivity index (χ0n) is 15.7. The van der Waals surface area contributed by atoms with Crippen molar-refractivity contribution >= 4 is 46.6 Å². The molecule has 10 nitrogen and oxygen atoms in total. The molecule has 2 aliphatic rings. The highest BCUT2D eigenvalue weighted by atomic mass is 16.4. The van der Waals surface area contributed by atoms with E-state index in [1.807, 2.05) is 0 Å². The van der Waals surface area contributed by atoms with Crippen LogP contribution in [0.2, 0.25) is 0 Å². The van der Waals surface area contributed by atoms with Crippen molar-refractivity contribution in [2.45, 2.75) is 0 Å². The highest BCUT2D eigenvalue weighted by Gasteiger charge is 2.39. The molecule has 0 unspecified atom stereocenters. The van der Waals surface area contributed by atoms with Gasteiger partial charge in [-0.05, 0) is 24.3 Å². The van der Waals surface area contributed by atoms with E-state index in [-0.39, 0.29) is 5.69 Å². The molecule has 0 aliphatic carbocycles. The summed E-state index contributed by atoms with van der Waals surface area (Å²) in [6.07, 6.45) is 0.916. The Kier molecular flexibility index (Phi) is 4.88. The van der Waals surface area contributed by atoms with E-state index >= 15 is 0 Å². The van der Waals surface area contributed by atoms with Crippen LogP contribution in [-0.4, -0.2) is 35.2 Å². The first-order valence-electron chi connectivity index (χ1n) is 8.99. The molecule has 154 valence electrons. The zero-order chi connectivity index (χ0) is 22.1. The minimum absolute atomic E-state index is 0.284. The van der Waals surface area contributed by atoms with Crippen molar-refractivity contribution in [1.29, 1.82) is 0 Å². The van der Waals surface area contributed by atoms with Crippen LogP contribution in [0.5, 0.6) is 0 Å². The molecule has 0 fully saturated rings. The first kappa shape index (κ1) is 19.7. The number of hydrazone groups is 2. The third-order valence-corrected chi connectivity index (χ3v) is 4.59. The van der Waals surface area contributed by atoms with Crippen molar-refractivity contribution in [3.63, 3.8) is 0 Å². The molecular weight excluding hydrogens is 404 g/mol. The van der Waals surface area contributed by atoms with Gasteiger partial charge in [0.2, 0.25) is 0 Å². The number of aliphatic carboxylic acids is 2. The normalized spacial score (nSPS) is 19.6. The Bertz CT molecular complexity index is 1190. The first-order chi connectivity index (χ1) is 14.9. The summed E-state index contributed by atoms with van der Waals surface area (Å²) >= 11 is 0. The van der Waals surface area contributed by atoms with Gasteiger partial charge in [-0.1, -0.05) is 42.5 Å². The molecule has 0 aromatic heterocycles. The van der Waals surface area contributed by atoms with Gasteiger partial charge in [-0.3, -0.25) is 9.59 Å². The molecule has 0 radical (unpaired) electrons. The van der Waals surface area contributed by atoms with Crippen LogP contribution in [0, 0.1) is 5.92 Å². The zero-order valence-corrected chi connectivity index (χ0v) is 15.7. The summed E-state index contributed by atoms with van der Waals surface area (Å²) in [5.74, 6) is -6.68. The molecule has 2 aliphatic heterocycles. The minimum Gasteiger partial charge on any atom is -0.543 e. The van der Waals surface area contributed by atoms with Crippen molar-refractivity contribution in [1.82, 2.24) is 0 Å². The van der Waals surface area contributed by atoms with Gasteiger partial charge in [0, 0.05) is 0 Å². The van der Waals surface area contributed by atoms with E-state index in [4.69, 9.17) is 0 Å². The summed E-state index contributed by atoms with van der Waals surface area (Å²) < 4.78 is 0. The maximum absolute atomic E-state index is 12.9. The molecule has 2 aromatic rings. The molecule has 10 heteroatoms. The molecule has 4 rings (SSSR count). The Morgan fingerprint density at radius 2 is 1.35 bits per heavy atom. The van der Waals surface area contributed by atoms with Gasteiger partial charge < -0.3 is 19.8 Å². The number of carbonyl (C=O) groups excluding carboxylic acids is 4. The molecule has 2 amide bonds.